The van der Waals surface area contributed by atoms with Crippen LogP contribution in [-0.2, 0) is 0 Å². The van der Waals surface area contributed by atoms with E-state index in [1.54, 1.807) is 7.14 Å². The van der Waals surface area contributed by atoms with Crippen LogP contribution in [0.25, 0.3) is 0 Å². The molecule has 0 spiro atoms. The Morgan fingerprint density at radius 2 is 0.900 bits per heavy atom. The minimum absolute atomic E-state index is 1.22. The van der Waals surface area contributed by atoms with Crippen LogP contribution in [0.3, 0.4) is 0 Å². The molecule has 0 N–H and O–H groups in total. The SMILES string of the molecule is CCCCCCCCCCI(c1ccccc1)c1ccccc1.F[P-](F)(F)(F)(F)F. The average molecular weight is 567 g/mol. The predicted molar refractivity (Wildman–Crippen MR) is 125 cm³/mol. The third-order valence-corrected chi connectivity index (χ3v) is 10.5. The maximum atomic E-state index is 9.87. The van der Waals surface area contributed by atoms with Crippen molar-refractivity contribution in [2.24, 2.45) is 0 Å². The van der Waals surface area contributed by atoms with Crippen LogP contribution < -0.4 is 0 Å². The van der Waals surface area contributed by atoms with Gasteiger partial charge in [-0.25, -0.2) is 0 Å². The van der Waals surface area contributed by atoms with Gasteiger partial charge in [0.1, 0.15) is 0 Å². The number of hydrogen-bond donors (Lipinski definition) is 0. The Hall–Kier alpha value is -0.820. The van der Waals surface area contributed by atoms with Crippen LogP contribution in [0.15, 0.2) is 60.7 Å². The van der Waals surface area contributed by atoms with Gasteiger partial charge in [0.2, 0.25) is 0 Å². The van der Waals surface area contributed by atoms with E-state index in [-0.39, 0.29) is 0 Å². The van der Waals surface area contributed by atoms with Crippen LogP contribution in [0.4, 0.5) is 25.2 Å². The Morgan fingerprint density at radius 1 is 0.567 bits per heavy atom. The van der Waals surface area contributed by atoms with Crippen molar-refractivity contribution in [1.29, 1.82) is 0 Å². The first kappa shape index (κ1) is 27.2. The van der Waals surface area contributed by atoms with Crippen molar-refractivity contribution in [1.82, 2.24) is 0 Å². The molecule has 30 heavy (non-hydrogen) atoms. The van der Waals surface area contributed by atoms with Crippen LogP contribution in [0.5, 0.6) is 0 Å². The Balaban J connectivity index is 0.000000553. The van der Waals surface area contributed by atoms with E-state index in [4.69, 9.17) is 0 Å². The number of unbranched alkanes of at least 4 members (excludes halogenated alkanes) is 7. The van der Waals surface area contributed by atoms with Crippen molar-refractivity contribution >= 4 is 27.6 Å². The van der Waals surface area contributed by atoms with Gasteiger partial charge in [0.25, 0.3) is 0 Å². The molecule has 8 heteroatoms. The summed E-state index contributed by atoms with van der Waals surface area (Å²) in [6, 6.07) is 22.5. The number of benzene rings is 2. The summed E-state index contributed by atoms with van der Waals surface area (Å²) in [5.41, 5.74) is 0. The van der Waals surface area contributed by atoms with Gasteiger partial charge in [-0.05, 0) is 0 Å². The van der Waals surface area contributed by atoms with Crippen LogP contribution in [-0.4, -0.2) is 4.43 Å². The van der Waals surface area contributed by atoms with E-state index in [1.807, 2.05) is 0 Å². The van der Waals surface area contributed by atoms with Crippen molar-refractivity contribution in [3.8, 4) is 0 Å². The quantitative estimate of drug-likeness (QED) is 0.0833. The third kappa shape index (κ3) is 16.9. The van der Waals surface area contributed by atoms with Gasteiger partial charge in [0.05, 0.1) is 0 Å². The molecule has 2 aromatic carbocycles. The molecule has 2 aromatic rings. The fourth-order valence-electron chi connectivity index (χ4n) is 2.84. The summed E-state index contributed by atoms with van der Waals surface area (Å²) in [6.07, 6.45) is 11.3. The molecule has 2 rings (SSSR count). The minimum atomic E-state index is -10.7. The first-order valence-electron chi connectivity index (χ1n) is 10.2. The topological polar surface area (TPSA) is 0 Å². The number of hydrogen-bond acceptors (Lipinski definition) is 0. The molecule has 0 saturated heterocycles. The van der Waals surface area contributed by atoms with Gasteiger partial charge in [-0.2, -0.15) is 0 Å². The van der Waals surface area contributed by atoms with E-state index in [0.29, 0.717) is 0 Å². The first-order chi connectivity index (χ1) is 13.9. The molecule has 0 atom stereocenters. The normalized spacial score (nSPS) is 14.2. The number of rotatable bonds is 11. The summed E-state index contributed by atoms with van der Waals surface area (Å²) in [6.45, 7) is 2.29. The second-order valence-electron chi connectivity index (χ2n) is 7.08. The van der Waals surface area contributed by atoms with Crippen LogP contribution in [0, 0.1) is 7.14 Å². The molecule has 0 aliphatic rings. The second kappa shape index (κ2) is 11.7. The molecule has 0 amide bonds. The van der Waals surface area contributed by atoms with E-state index < -0.39 is 27.6 Å². The monoisotopic (exact) mass is 567 g/mol. The van der Waals surface area contributed by atoms with Gasteiger partial charge in [-0.15, -0.1) is 0 Å². The van der Waals surface area contributed by atoms with E-state index in [1.165, 1.54) is 55.8 Å². The third-order valence-electron chi connectivity index (χ3n) is 4.17. The van der Waals surface area contributed by atoms with Crippen LogP contribution in [0.2, 0.25) is 0 Å². The maximum absolute atomic E-state index is 10.7. The van der Waals surface area contributed by atoms with Gasteiger partial charge in [0, 0.05) is 0 Å². The predicted octanol–water partition coefficient (Wildman–Crippen LogP) is 10.8. The zero-order valence-electron chi connectivity index (χ0n) is 17.2. The Labute approximate surface area is 183 Å². The fourth-order valence-corrected chi connectivity index (χ4v) is 8.67. The molecule has 0 aliphatic heterocycles. The fraction of sp³-hybridized carbons (Fsp3) is 0.455. The molecule has 174 valence electrons. The molecule has 0 nitrogen and oxygen atoms in total. The summed E-state index contributed by atoms with van der Waals surface area (Å²) < 4.78 is 63.9. The summed E-state index contributed by atoms with van der Waals surface area (Å²) >= 11 is -1.22. The Morgan fingerprint density at radius 3 is 1.27 bits per heavy atom. The van der Waals surface area contributed by atoms with Crippen molar-refractivity contribution in [3.05, 3.63) is 67.8 Å². The van der Waals surface area contributed by atoms with Gasteiger partial charge in [0.15, 0.2) is 0 Å². The van der Waals surface area contributed by atoms with E-state index in [0.717, 1.165) is 0 Å². The number of halogens is 7. The second-order valence-corrected chi connectivity index (χ2v) is 14.6. The van der Waals surface area contributed by atoms with Crippen molar-refractivity contribution < 1.29 is 25.2 Å². The molecular formula is C22H31F6IP-. The molecule has 0 heterocycles. The van der Waals surface area contributed by atoms with Gasteiger partial charge in [-0.1, -0.05) is 0 Å². The number of alkyl halides is 1. The van der Waals surface area contributed by atoms with Crippen molar-refractivity contribution in [2.45, 2.75) is 58.3 Å². The van der Waals surface area contributed by atoms with Crippen LogP contribution >= 0.6 is 27.6 Å². The standard InChI is InChI=1S/C22H31I.F6P/c1-2-3-4-5-6-7-8-15-20-23(21-16-11-9-12-17-21)22-18-13-10-14-19-22;1-7(2,3,4,5)6/h9-14,16-19H,2-8,15,20H2,1H3;/q;-1. The van der Waals surface area contributed by atoms with Crippen molar-refractivity contribution in [3.63, 3.8) is 0 Å². The Bertz CT molecular complexity index is 654. The summed E-state index contributed by atoms with van der Waals surface area (Å²) in [5.74, 6) is 0. The van der Waals surface area contributed by atoms with Crippen LogP contribution in [0.1, 0.15) is 58.3 Å². The van der Waals surface area contributed by atoms with Gasteiger partial charge >= 0.3 is 183 Å². The van der Waals surface area contributed by atoms with E-state index >= 15 is 0 Å². The molecule has 0 fully saturated rings. The average Bonchev–Trinajstić information content (AvgIpc) is 2.66. The van der Waals surface area contributed by atoms with E-state index in [9.17, 15) is 25.2 Å². The molecule has 0 aliphatic carbocycles. The molecule has 0 saturated carbocycles. The molecule has 0 aromatic heterocycles. The van der Waals surface area contributed by atoms with E-state index in [2.05, 4.69) is 67.6 Å². The first-order valence-corrected chi connectivity index (χ1v) is 15.9. The molecule has 0 bridgehead atoms. The van der Waals surface area contributed by atoms with Gasteiger partial charge < -0.3 is 0 Å². The molecule has 0 radical (unpaired) electrons. The van der Waals surface area contributed by atoms with Gasteiger partial charge in [-0.3, -0.25) is 0 Å². The molecular weight excluding hydrogens is 536 g/mol. The molecule has 0 unspecified atom stereocenters. The zero-order chi connectivity index (χ0) is 22.6. The van der Waals surface area contributed by atoms with Crippen molar-refractivity contribution in [2.75, 3.05) is 4.43 Å². The Kier molecular flexibility index (Phi) is 10.6. The zero-order valence-corrected chi connectivity index (χ0v) is 20.3. The summed E-state index contributed by atoms with van der Waals surface area (Å²) in [4.78, 5) is 0. The summed E-state index contributed by atoms with van der Waals surface area (Å²) in [5, 5.41) is 0. The summed E-state index contributed by atoms with van der Waals surface area (Å²) in [7, 11) is -10.7.